The molecule has 0 aliphatic carbocycles. The van der Waals surface area contributed by atoms with Gasteiger partial charge in [0.2, 0.25) is 4.80 Å². The highest BCUT2D eigenvalue weighted by atomic mass is 35.5. The molecule has 0 aliphatic rings. The van der Waals surface area contributed by atoms with Gasteiger partial charge in [-0.15, -0.1) is 17.9 Å². The van der Waals surface area contributed by atoms with Crippen molar-refractivity contribution in [1.82, 2.24) is 4.57 Å². The van der Waals surface area contributed by atoms with E-state index >= 15 is 0 Å². The Morgan fingerprint density at radius 1 is 1.41 bits per heavy atom. The molecule has 0 bridgehead atoms. The molecule has 0 aliphatic heterocycles. The fourth-order valence-corrected chi connectivity index (χ4v) is 2.56. The van der Waals surface area contributed by atoms with Crippen molar-refractivity contribution in [2.75, 3.05) is 0 Å². The lowest BCUT2D eigenvalue weighted by atomic mass is 10.2. The van der Waals surface area contributed by atoms with Crippen LogP contribution in [0.25, 0.3) is 11.3 Å². The van der Waals surface area contributed by atoms with E-state index in [1.807, 2.05) is 40.3 Å². The lowest BCUT2D eigenvalue weighted by molar-refractivity contribution is 0.788. The Balaban J connectivity index is 2.55. The van der Waals surface area contributed by atoms with E-state index < -0.39 is 0 Å². The molecule has 2 rings (SSSR count). The van der Waals surface area contributed by atoms with Gasteiger partial charge in [0.15, 0.2) is 0 Å². The summed E-state index contributed by atoms with van der Waals surface area (Å²) in [5, 5.41) is 6.51. The second kappa shape index (κ2) is 5.21. The van der Waals surface area contributed by atoms with Crippen molar-refractivity contribution in [3.63, 3.8) is 0 Å². The van der Waals surface area contributed by atoms with Crippen molar-refractivity contribution >= 4 is 22.9 Å². The molecule has 1 aromatic heterocycles. The first-order chi connectivity index (χ1) is 8.26. The van der Waals surface area contributed by atoms with Crippen LogP contribution < -0.4 is 10.6 Å². The summed E-state index contributed by atoms with van der Waals surface area (Å²) >= 11 is 7.38. The lowest BCUT2D eigenvalue weighted by Gasteiger charge is -2.06. The van der Waals surface area contributed by atoms with Gasteiger partial charge >= 0.3 is 0 Å². The molecule has 0 saturated heterocycles. The molecule has 0 atom stereocenters. The first-order valence-corrected chi connectivity index (χ1v) is 6.31. The zero-order valence-corrected chi connectivity index (χ0v) is 10.7. The fourth-order valence-electron chi connectivity index (χ4n) is 1.59. The maximum Gasteiger partial charge on any atom is 0.208 e. The number of nitrogens with two attached hydrogens (primary N) is 1. The molecule has 0 spiro atoms. The number of benzene rings is 1. The minimum atomic E-state index is 0.678. The van der Waals surface area contributed by atoms with Gasteiger partial charge in [-0.3, -0.25) is 0 Å². The Labute approximate surface area is 108 Å². The van der Waals surface area contributed by atoms with Crippen molar-refractivity contribution < 1.29 is 0 Å². The summed E-state index contributed by atoms with van der Waals surface area (Å²) in [5.74, 6) is 5.36. The van der Waals surface area contributed by atoms with Crippen LogP contribution >= 0.6 is 22.9 Å². The van der Waals surface area contributed by atoms with E-state index in [2.05, 4.69) is 11.7 Å². The first kappa shape index (κ1) is 12.0. The van der Waals surface area contributed by atoms with E-state index in [1.54, 1.807) is 0 Å². The van der Waals surface area contributed by atoms with Gasteiger partial charge in [0.05, 0.1) is 5.69 Å². The van der Waals surface area contributed by atoms with Crippen LogP contribution in [0, 0.1) is 0 Å². The van der Waals surface area contributed by atoms with Crippen molar-refractivity contribution in [1.29, 1.82) is 0 Å². The van der Waals surface area contributed by atoms with Gasteiger partial charge in [-0.2, -0.15) is 5.10 Å². The fraction of sp³-hybridized carbons (Fsp3) is 0.0833. The van der Waals surface area contributed by atoms with E-state index in [9.17, 15) is 0 Å². The molecule has 2 N–H and O–H groups in total. The molecule has 2 aromatic rings. The second-order valence-corrected chi connectivity index (χ2v) is 4.71. The van der Waals surface area contributed by atoms with Crippen LogP contribution in [0.1, 0.15) is 0 Å². The third-order valence-electron chi connectivity index (χ3n) is 2.36. The number of aromatic nitrogens is 1. The molecule has 1 aromatic carbocycles. The molecular weight excluding hydrogens is 254 g/mol. The normalized spacial score (nSPS) is 11.7. The molecule has 1 heterocycles. The summed E-state index contributed by atoms with van der Waals surface area (Å²) in [7, 11) is 0. The van der Waals surface area contributed by atoms with Crippen LogP contribution in [0.5, 0.6) is 0 Å². The SMILES string of the molecule is C=CCn1c(-c2ccc(Cl)cc2)csc1=NN. The summed E-state index contributed by atoms with van der Waals surface area (Å²) in [6.45, 7) is 4.42. The van der Waals surface area contributed by atoms with Crippen molar-refractivity contribution in [3.8, 4) is 11.3 Å². The molecule has 0 fully saturated rings. The van der Waals surface area contributed by atoms with E-state index in [0.29, 0.717) is 6.54 Å². The Hall–Kier alpha value is -1.52. The van der Waals surface area contributed by atoms with Crippen molar-refractivity contribution in [2.45, 2.75) is 6.54 Å². The van der Waals surface area contributed by atoms with Crippen molar-refractivity contribution in [2.24, 2.45) is 10.9 Å². The Morgan fingerprint density at radius 3 is 2.71 bits per heavy atom. The topological polar surface area (TPSA) is 43.3 Å². The average Bonchev–Trinajstić information content (AvgIpc) is 2.74. The maximum atomic E-state index is 5.87. The highest BCUT2D eigenvalue weighted by molar-refractivity contribution is 7.07. The largest absolute Gasteiger partial charge is 0.320 e. The molecular formula is C12H12ClN3S. The Kier molecular flexibility index (Phi) is 3.66. The predicted molar refractivity (Wildman–Crippen MR) is 72.7 cm³/mol. The zero-order chi connectivity index (χ0) is 12.3. The number of rotatable bonds is 3. The summed E-state index contributed by atoms with van der Waals surface area (Å²) in [6.07, 6.45) is 1.82. The van der Waals surface area contributed by atoms with Gasteiger partial charge < -0.3 is 10.4 Å². The van der Waals surface area contributed by atoms with Crippen LogP contribution in [0.2, 0.25) is 5.02 Å². The quantitative estimate of drug-likeness (QED) is 0.518. The number of nitrogens with zero attached hydrogens (tertiary/aromatic N) is 2. The van der Waals surface area contributed by atoms with Crippen LogP contribution in [-0.4, -0.2) is 4.57 Å². The molecule has 0 saturated carbocycles. The number of halogens is 1. The minimum absolute atomic E-state index is 0.678. The van der Waals surface area contributed by atoms with Gasteiger partial charge in [-0.05, 0) is 17.7 Å². The summed E-state index contributed by atoms with van der Waals surface area (Å²) in [5.41, 5.74) is 2.15. The smallest absolute Gasteiger partial charge is 0.208 e. The summed E-state index contributed by atoms with van der Waals surface area (Å²) in [4.78, 5) is 0.773. The van der Waals surface area contributed by atoms with E-state index in [-0.39, 0.29) is 0 Å². The molecule has 3 nitrogen and oxygen atoms in total. The number of hydrogen-bond acceptors (Lipinski definition) is 3. The molecule has 0 radical (unpaired) electrons. The summed E-state index contributed by atoms with van der Waals surface area (Å²) < 4.78 is 2.01. The minimum Gasteiger partial charge on any atom is -0.320 e. The maximum absolute atomic E-state index is 5.87. The Morgan fingerprint density at radius 2 is 2.12 bits per heavy atom. The number of thiazole rings is 1. The van der Waals surface area contributed by atoms with E-state index in [0.717, 1.165) is 21.1 Å². The van der Waals surface area contributed by atoms with E-state index in [4.69, 9.17) is 17.4 Å². The van der Waals surface area contributed by atoms with Gasteiger partial charge in [0, 0.05) is 16.9 Å². The van der Waals surface area contributed by atoms with Crippen LogP contribution in [-0.2, 0) is 6.54 Å². The predicted octanol–water partition coefficient (Wildman–Crippen LogP) is 2.83. The van der Waals surface area contributed by atoms with Crippen LogP contribution in [0.4, 0.5) is 0 Å². The third-order valence-corrected chi connectivity index (χ3v) is 3.49. The zero-order valence-electron chi connectivity index (χ0n) is 9.14. The Bertz CT molecular complexity index is 581. The standard InChI is InChI=1S/C12H12ClN3S/c1-2-7-16-11(8-17-12(16)15-14)9-3-5-10(13)6-4-9/h2-6,8H,1,7,14H2. The van der Waals surface area contributed by atoms with E-state index in [1.165, 1.54) is 11.3 Å². The van der Waals surface area contributed by atoms with Crippen LogP contribution in [0.15, 0.2) is 47.4 Å². The lowest BCUT2D eigenvalue weighted by Crippen LogP contribution is -2.16. The molecule has 88 valence electrons. The molecule has 0 unspecified atom stereocenters. The molecule has 5 heteroatoms. The summed E-state index contributed by atoms with van der Waals surface area (Å²) in [6, 6.07) is 7.69. The van der Waals surface area contributed by atoms with Crippen LogP contribution in [0.3, 0.4) is 0 Å². The van der Waals surface area contributed by atoms with Gasteiger partial charge in [0.1, 0.15) is 0 Å². The molecule has 0 amide bonds. The van der Waals surface area contributed by atoms with Crippen molar-refractivity contribution in [3.05, 3.63) is 52.1 Å². The third kappa shape index (κ3) is 2.43. The van der Waals surface area contributed by atoms with Gasteiger partial charge in [-0.1, -0.05) is 29.8 Å². The highest BCUT2D eigenvalue weighted by Gasteiger charge is 2.06. The highest BCUT2D eigenvalue weighted by Crippen LogP contribution is 2.22. The average molecular weight is 266 g/mol. The number of hydrogen-bond donors (Lipinski definition) is 1. The second-order valence-electron chi connectivity index (χ2n) is 3.44. The van der Waals surface area contributed by atoms with Gasteiger partial charge in [0.25, 0.3) is 0 Å². The molecule has 17 heavy (non-hydrogen) atoms. The first-order valence-electron chi connectivity index (χ1n) is 5.05. The van der Waals surface area contributed by atoms with Gasteiger partial charge in [-0.25, -0.2) is 0 Å². The number of allylic oxidation sites excluding steroid dienone is 1. The monoisotopic (exact) mass is 265 g/mol.